The summed E-state index contributed by atoms with van der Waals surface area (Å²) in [6.45, 7) is 14.1. The molecular formula is C13H20N4OS2. The number of hydrazone groups is 1. The Morgan fingerprint density at radius 2 is 2.25 bits per heavy atom. The highest BCUT2D eigenvalue weighted by Gasteiger charge is 2.44. The van der Waals surface area contributed by atoms with Gasteiger partial charge in [0, 0.05) is 13.1 Å². The highest BCUT2D eigenvalue weighted by molar-refractivity contribution is 8.16. The molecule has 5 nitrogen and oxygen atoms in total. The molecule has 110 valence electrons. The predicted molar refractivity (Wildman–Crippen MR) is 89.6 cm³/mol. The Kier molecular flexibility index (Phi) is 5.76. The lowest BCUT2D eigenvalue weighted by Gasteiger charge is -2.17. The van der Waals surface area contributed by atoms with Gasteiger partial charge in [-0.15, -0.1) is 11.7 Å². The van der Waals surface area contributed by atoms with E-state index in [1.54, 1.807) is 11.0 Å². The van der Waals surface area contributed by atoms with E-state index in [4.69, 9.17) is 12.2 Å². The van der Waals surface area contributed by atoms with Crippen molar-refractivity contribution in [3.63, 3.8) is 0 Å². The van der Waals surface area contributed by atoms with Gasteiger partial charge in [0.05, 0.1) is 4.75 Å². The molecule has 0 spiro atoms. The van der Waals surface area contributed by atoms with Gasteiger partial charge in [0.15, 0.2) is 10.3 Å². The number of nitrogens with zero attached hydrogens (tertiary/aromatic N) is 2. The molecule has 1 rings (SSSR count). The van der Waals surface area contributed by atoms with Crippen molar-refractivity contribution in [2.75, 3.05) is 13.1 Å². The fraction of sp³-hybridized carbons (Fsp3) is 0.462. The minimum Gasteiger partial charge on any atom is -0.358 e. The van der Waals surface area contributed by atoms with E-state index in [0.29, 0.717) is 23.4 Å². The van der Waals surface area contributed by atoms with E-state index in [1.807, 2.05) is 20.8 Å². The number of carbonyl (C=O) groups is 1. The third kappa shape index (κ3) is 4.35. The summed E-state index contributed by atoms with van der Waals surface area (Å²) in [4.78, 5) is 13.9. The first-order valence-electron chi connectivity index (χ1n) is 6.15. The molecule has 7 heteroatoms. The Labute approximate surface area is 129 Å². The monoisotopic (exact) mass is 312 g/mol. The maximum Gasteiger partial charge on any atom is 0.245 e. The van der Waals surface area contributed by atoms with E-state index in [-0.39, 0.29) is 5.91 Å². The van der Waals surface area contributed by atoms with Gasteiger partial charge in [-0.1, -0.05) is 30.0 Å². The smallest absolute Gasteiger partial charge is 0.245 e. The molecule has 1 aliphatic rings. The molecule has 1 fully saturated rings. The van der Waals surface area contributed by atoms with Crippen molar-refractivity contribution in [3.05, 3.63) is 24.8 Å². The van der Waals surface area contributed by atoms with Gasteiger partial charge in [-0.05, 0) is 33.0 Å². The quantitative estimate of drug-likeness (QED) is 0.461. The van der Waals surface area contributed by atoms with E-state index in [1.165, 1.54) is 11.8 Å². The Balaban J connectivity index is 2.79. The lowest BCUT2D eigenvalue weighted by molar-refractivity contribution is -0.128. The number of amidine groups is 1. The molecule has 0 bridgehead atoms. The second-order valence-corrected chi connectivity index (χ2v) is 6.96. The summed E-state index contributed by atoms with van der Waals surface area (Å²) in [5, 5.41) is 8.12. The van der Waals surface area contributed by atoms with Gasteiger partial charge >= 0.3 is 0 Å². The summed E-state index contributed by atoms with van der Waals surface area (Å²) in [5.74, 6) is 0.0241. The van der Waals surface area contributed by atoms with Crippen molar-refractivity contribution in [3.8, 4) is 0 Å². The molecule has 1 amide bonds. The zero-order chi connectivity index (χ0) is 15.3. The molecule has 0 aromatic rings. The lowest BCUT2D eigenvalue weighted by atomic mass is 10.2. The molecule has 0 aromatic heterocycles. The average molecular weight is 312 g/mol. The van der Waals surface area contributed by atoms with Gasteiger partial charge in [0.25, 0.3) is 0 Å². The first kappa shape index (κ1) is 16.7. The average Bonchev–Trinajstić information content (AvgIpc) is 2.56. The maximum atomic E-state index is 12.3. The molecule has 1 saturated heterocycles. The van der Waals surface area contributed by atoms with E-state index in [0.717, 1.165) is 5.57 Å². The van der Waals surface area contributed by atoms with Gasteiger partial charge in [-0.3, -0.25) is 15.1 Å². The number of hydrogen-bond acceptors (Lipinski definition) is 4. The summed E-state index contributed by atoms with van der Waals surface area (Å²) in [5.41, 5.74) is 3.64. The summed E-state index contributed by atoms with van der Waals surface area (Å²) < 4.78 is -0.522. The third-order valence-corrected chi connectivity index (χ3v) is 3.84. The van der Waals surface area contributed by atoms with Crippen molar-refractivity contribution in [2.24, 2.45) is 5.10 Å². The fourth-order valence-corrected chi connectivity index (χ4v) is 2.67. The van der Waals surface area contributed by atoms with Crippen LogP contribution in [0.1, 0.15) is 20.8 Å². The standard InChI is InChI=1S/C13H20N4OS2/c1-6-7-14-11(19)15-16-12-17(8-9(2)3)10(18)13(4,5)20-12/h6H,1-2,7-8H2,3-5H3,(H2,14,15,19). The molecule has 0 unspecified atom stereocenters. The molecule has 1 heterocycles. The first-order valence-corrected chi connectivity index (χ1v) is 7.38. The van der Waals surface area contributed by atoms with Gasteiger partial charge in [0.1, 0.15) is 0 Å². The van der Waals surface area contributed by atoms with Crippen LogP contribution in [-0.2, 0) is 4.79 Å². The molecular weight excluding hydrogens is 292 g/mol. The summed E-state index contributed by atoms with van der Waals surface area (Å²) in [6.07, 6.45) is 1.70. The minimum atomic E-state index is -0.522. The van der Waals surface area contributed by atoms with Crippen molar-refractivity contribution < 1.29 is 4.79 Å². The minimum absolute atomic E-state index is 0.0241. The molecule has 0 saturated carbocycles. The van der Waals surface area contributed by atoms with Crippen LogP contribution in [0.25, 0.3) is 0 Å². The second-order valence-electron chi connectivity index (χ2n) is 4.97. The first-order chi connectivity index (χ1) is 9.27. The van der Waals surface area contributed by atoms with Crippen LogP contribution in [0, 0.1) is 0 Å². The molecule has 20 heavy (non-hydrogen) atoms. The number of hydrogen-bond donors (Lipinski definition) is 2. The van der Waals surface area contributed by atoms with Crippen LogP contribution in [0.2, 0.25) is 0 Å². The zero-order valence-corrected chi connectivity index (χ0v) is 13.7. The van der Waals surface area contributed by atoms with Crippen molar-refractivity contribution >= 4 is 40.2 Å². The van der Waals surface area contributed by atoms with Crippen LogP contribution in [0.15, 0.2) is 29.9 Å². The largest absolute Gasteiger partial charge is 0.358 e. The van der Waals surface area contributed by atoms with Crippen molar-refractivity contribution in [2.45, 2.75) is 25.5 Å². The predicted octanol–water partition coefficient (Wildman–Crippen LogP) is 1.84. The van der Waals surface area contributed by atoms with Crippen molar-refractivity contribution in [1.29, 1.82) is 0 Å². The number of nitrogens with one attached hydrogen (secondary N) is 2. The Bertz CT molecular complexity index is 471. The number of carbonyl (C=O) groups excluding carboxylic acids is 1. The number of rotatable bonds is 5. The number of thiocarbonyl (C=S) groups is 1. The molecule has 0 radical (unpaired) electrons. The maximum absolute atomic E-state index is 12.3. The van der Waals surface area contributed by atoms with Gasteiger partial charge < -0.3 is 5.32 Å². The molecule has 1 aliphatic heterocycles. The Morgan fingerprint density at radius 1 is 1.60 bits per heavy atom. The van der Waals surface area contributed by atoms with E-state index in [2.05, 4.69) is 29.0 Å². The van der Waals surface area contributed by atoms with Crippen LogP contribution in [0.4, 0.5) is 0 Å². The van der Waals surface area contributed by atoms with E-state index < -0.39 is 4.75 Å². The molecule has 2 N–H and O–H groups in total. The zero-order valence-electron chi connectivity index (χ0n) is 12.0. The van der Waals surface area contributed by atoms with Crippen LogP contribution < -0.4 is 10.7 Å². The summed E-state index contributed by atoms with van der Waals surface area (Å²) >= 11 is 6.47. The highest BCUT2D eigenvalue weighted by atomic mass is 32.2. The molecule has 0 aromatic carbocycles. The molecule has 0 atom stereocenters. The topological polar surface area (TPSA) is 56.7 Å². The lowest BCUT2D eigenvalue weighted by Crippen LogP contribution is -2.38. The summed E-state index contributed by atoms with van der Waals surface area (Å²) in [7, 11) is 0. The fourth-order valence-electron chi connectivity index (χ4n) is 1.53. The third-order valence-electron chi connectivity index (χ3n) is 2.43. The summed E-state index contributed by atoms with van der Waals surface area (Å²) in [6, 6.07) is 0. The number of amides is 1. The van der Waals surface area contributed by atoms with Crippen LogP contribution >= 0.6 is 24.0 Å². The van der Waals surface area contributed by atoms with E-state index in [9.17, 15) is 4.79 Å². The van der Waals surface area contributed by atoms with Gasteiger partial charge in [-0.2, -0.15) is 0 Å². The number of thioether (sulfide) groups is 1. The highest BCUT2D eigenvalue weighted by Crippen LogP contribution is 2.36. The van der Waals surface area contributed by atoms with Crippen molar-refractivity contribution in [1.82, 2.24) is 15.6 Å². The Hall–Kier alpha value is -1.34. The Morgan fingerprint density at radius 3 is 2.80 bits per heavy atom. The SMILES string of the molecule is C=CCNC(=S)NN=C1SC(C)(C)C(=O)N1CC(=C)C. The van der Waals surface area contributed by atoms with Crippen LogP contribution in [-0.4, -0.2) is 38.9 Å². The molecule has 0 aliphatic carbocycles. The van der Waals surface area contributed by atoms with Crippen LogP contribution in [0.5, 0.6) is 0 Å². The second kappa shape index (κ2) is 6.90. The normalized spacial score (nSPS) is 19.1. The van der Waals surface area contributed by atoms with Crippen LogP contribution in [0.3, 0.4) is 0 Å². The van der Waals surface area contributed by atoms with Gasteiger partial charge in [-0.25, -0.2) is 0 Å². The van der Waals surface area contributed by atoms with E-state index >= 15 is 0 Å². The van der Waals surface area contributed by atoms with Gasteiger partial charge in [0.2, 0.25) is 5.91 Å².